The lowest BCUT2D eigenvalue weighted by molar-refractivity contribution is -0.187. The first kappa shape index (κ1) is 24.4. The average molecular weight is 453 g/mol. The van der Waals surface area contributed by atoms with Gasteiger partial charge in [-0.2, -0.15) is 17.6 Å². The molecule has 0 saturated heterocycles. The van der Waals surface area contributed by atoms with Gasteiger partial charge in [0.05, 0.1) is 12.2 Å². The van der Waals surface area contributed by atoms with Gasteiger partial charge in [0, 0.05) is 0 Å². The Bertz CT molecular complexity index is 859. The molecule has 0 N–H and O–H groups in total. The molecule has 0 spiro atoms. The topological polar surface area (TPSA) is 18.5 Å². The minimum absolute atomic E-state index is 0.125. The summed E-state index contributed by atoms with van der Waals surface area (Å²) in [6.45, 7) is 3.94. The Morgan fingerprint density at radius 2 is 1.47 bits per heavy atom. The summed E-state index contributed by atoms with van der Waals surface area (Å²) in [6, 6.07) is 8.05. The molecule has 6 heteroatoms. The van der Waals surface area contributed by atoms with Crippen molar-refractivity contribution in [2.24, 2.45) is 5.92 Å². The van der Waals surface area contributed by atoms with E-state index in [1.54, 1.807) is 19.1 Å². The molecule has 0 radical (unpaired) electrons. The van der Waals surface area contributed by atoms with Gasteiger partial charge in [-0.05, 0) is 74.3 Å². The minimum Gasteiger partial charge on any atom is -0.491 e. The molecule has 0 aromatic heterocycles. The Morgan fingerprint density at radius 1 is 0.844 bits per heavy atom. The van der Waals surface area contributed by atoms with Gasteiger partial charge in [-0.25, -0.2) is 0 Å². The van der Waals surface area contributed by atoms with Crippen LogP contribution in [0.2, 0.25) is 0 Å². The van der Waals surface area contributed by atoms with Crippen LogP contribution in [0.5, 0.6) is 11.5 Å². The molecule has 1 saturated carbocycles. The first-order valence-corrected chi connectivity index (χ1v) is 11.6. The summed E-state index contributed by atoms with van der Waals surface area (Å²) in [4.78, 5) is 0. The maximum atomic E-state index is 14.6. The second-order valence-corrected chi connectivity index (χ2v) is 8.58. The van der Waals surface area contributed by atoms with E-state index in [0.717, 1.165) is 36.5 Å². The molecule has 0 aliphatic heterocycles. The summed E-state index contributed by atoms with van der Waals surface area (Å²) in [5.41, 5.74) is 0.637. The van der Waals surface area contributed by atoms with Crippen molar-refractivity contribution in [1.29, 1.82) is 0 Å². The van der Waals surface area contributed by atoms with Crippen LogP contribution < -0.4 is 9.47 Å². The number of hydrogen-bond acceptors (Lipinski definition) is 2. The largest absolute Gasteiger partial charge is 0.491 e. The zero-order valence-corrected chi connectivity index (χ0v) is 18.8. The second kappa shape index (κ2) is 11.1. The number of hydrogen-bond donors (Lipinski definition) is 0. The predicted molar refractivity (Wildman–Crippen MR) is 117 cm³/mol. The SMILES string of the molecule is CCCCC[C@H]1CC[C@H](c2ccc(C(F)(F)Oc3ccc(OCC)c(F)c3F)cc2)CC1. The van der Waals surface area contributed by atoms with Crippen molar-refractivity contribution < 1.29 is 27.0 Å². The molecule has 0 amide bonds. The van der Waals surface area contributed by atoms with Crippen LogP contribution in [0.25, 0.3) is 0 Å². The van der Waals surface area contributed by atoms with Gasteiger partial charge in [-0.3, -0.25) is 0 Å². The van der Waals surface area contributed by atoms with Crippen LogP contribution >= 0.6 is 0 Å². The molecule has 0 unspecified atom stereocenters. The maximum absolute atomic E-state index is 14.6. The normalized spacial score (nSPS) is 19.1. The summed E-state index contributed by atoms with van der Waals surface area (Å²) in [5, 5.41) is 0. The van der Waals surface area contributed by atoms with Crippen LogP contribution in [0, 0.1) is 17.6 Å². The molecule has 0 atom stereocenters. The highest BCUT2D eigenvalue weighted by Crippen LogP contribution is 2.40. The first-order valence-electron chi connectivity index (χ1n) is 11.6. The highest BCUT2D eigenvalue weighted by atomic mass is 19.3. The van der Waals surface area contributed by atoms with E-state index in [1.165, 1.54) is 50.7 Å². The van der Waals surface area contributed by atoms with Crippen molar-refractivity contribution in [2.75, 3.05) is 6.61 Å². The summed E-state index contributed by atoms with van der Waals surface area (Å²) < 4.78 is 66.9. The summed E-state index contributed by atoms with van der Waals surface area (Å²) in [6.07, 6.45) is 5.78. The third kappa shape index (κ3) is 5.96. The van der Waals surface area contributed by atoms with E-state index in [2.05, 4.69) is 11.7 Å². The van der Waals surface area contributed by atoms with Gasteiger partial charge in [-0.1, -0.05) is 44.7 Å². The third-order valence-electron chi connectivity index (χ3n) is 6.33. The standard InChI is InChI=1S/C26H32F4O2/c1-3-5-6-7-18-8-10-19(11-9-18)20-12-14-21(15-13-20)26(29,30)32-23-17-16-22(31-4-2)24(27)25(23)28/h12-19H,3-11H2,1-2H3/t18-,19-. The monoisotopic (exact) mass is 452 g/mol. The number of alkyl halides is 2. The Morgan fingerprint density at radius 3 is 2.09 bits per heavy atom. The van der Waals surface area contributed by atoms with E-state index in [9.17, 15) is 17.6 Å². The number of unbranched alkanes of at least 4 members (excludes halogenated alkanes) is 2. The van der Waals surface area contributed by atoms with E-state index in [4.69, 9.17) is 4.74 Å². The number of rotatable bonds is 10. The van der Waals surface area contributed by atoms with E-state index in [-0.39, 0.29) is 12.4 Å². The van der Waals surface area contributed by atoms with E-state index < -0.39 is 29.1 Å². The van der Waals surface area contributed by atoms with Crippen molar-refractivity contribution in [3.05, 3.63) is 59.2 Å². The lowest BCUT2D eigenvalue weighted by Crippen LogP contribution is -2.23. The Hall–Kier alpha value is -2.24. The molecule has 176 valence electrons. The highest BCUT2D eigenvalue weighted by molar-refractivity contribution is 5.36. The molecule has 1 aliphatic carbocycles. The lowest BCUT2D eigenvalue weighted by atomic mass is 9.77. The van der Waals surface area contributed by atoms with Gasteiger partial charge in [0.25, 0.3) is 0 Å². The van der Waals surface area contributed by atoms with Gasteiger partial charge < -0.3 is 9.47 Å². The highest BCUT2D eigenvalue weighted by Gasteiger charge is 2.36. The molecule has 32 heavy (non-hydrogen) atoms. The first-order chi connectivity index (χ1) is 15.4. The lowest BCUT2D eigenvalue weighted by Gasteiger charge is -2.29. The van der Waals surface area contributed by atoms with Gasteiger partial charge in [-0.15, -0.1) is 0 Å². The fraction of sp³-hybridized carbons (Fsp3) is 0.538. The molecular formula is C26H32F4O2. The van der Waals surface area contributed by atoms with Crippen LogP contribution in [0.1, 0.15) is 82.3 Å². The fourth-order valence-electron chi connectivity index (χ4n) is 4.47. The Balaban J connectivity index is 1.62. The van der Waals surface area contributed by atoms with Crippen LogP contribution in [0.3, 0.4) is 0 Å². The zero-order chi connectivity index (χ0) is 23.1. The van der Waals surface area contributed by atoms with Crippen molar-refractivity contribution >= 4 is 0 Å². The predicted octanol–water partition coefficient (Wildman–Crippen LogP) is 8.35. The molecule has 1 aliphatic rings. The summed E-state index contributed by atoms with van der Waals surface area (Å²) >= 11 is 0. The average Bonchev–Trinajstić information content (AvgIpc) is 2.80. The number of halogens is 4. The molecule has 0 bridgehead atoms. The van der Waals surface area contributed by atoms with E-state index in [1.807, 2.05) is 0 Å². The van der Waals surface area contributed by atoms with Crippen molar-refractivity contribution in [3.8, 4) is 11.5 Å². The quantitative estimate of drug-likeness (QED) is 0.266. The molecular weight excluding hydrogens is 420 g/mol. The Kier molecular flexibility index (Phi) is 8.44. The second-order valence-electron chi connectivity index (χ2n) is 8.58. The molecule has 2 aromatic carbocycles. The van der Waals surface area contributed by atoms with E-state index >= 15 is 0 Å². The molecule has 3 rings (SSSR count). The molecule has 2 aromatic rings. The summed E-state index contributed by atoms with van der Waals surface area (Å²) in [5.74, 6) is -2.90. The van der Waals surface area contributed by atoms with Gasteiger partial charge >= 0.3 is 6.11 Å². The van der Waals surface area contributed by atoms with Crippen LogP contribution in [0.4, 0.5) is 17.6 Å². The van der Waals surface area contributed by atoms with Crippen molar-refractivity contribution in [1.82, 2.24) is 0 Å². The zero-order valence-electron chi connectivity index (χ0n) is 18.8. The van der Waals surface area contributed by atoms with Gasteiger partial charge in [0.2, 0.25) is 11.6 Å². The molecule has 2 nitrogen and oxygen atoms in total. The van der Waals surface area contributed by atoms with Gasteiger partial charge in [0.15, 0.2) is 11.5 Å². The van der Waals surface area contributed by atoms with Gasteiger partial charge in [0.1, 0.15) is 0 Å². The maximum Gasteiger partial charge on any atom is 0.426 e. The number of ether oxygens (including phenoxy) is 2. The smallest absolute Gasteiger partial charge is 0.426 e. The van der Waals surface area contributed by atoms with Crippen LogP contribution in [-0.2, 0) is 6.11 Å². The van der Waals surface area contributed by atoms with Crippen molar-refractivity contribution in [3.63, 3.8) is 0 Å². The van der Waals surface area contributed by atoms with Crippen LogP contribution in [-0.4, -0.2) is 6.61 Å². The van der Waals surface area contributed by atoms with Crippen molar-refractivity contribution in [2.45, 2.75) is 77.2 Å². The van der Waals surface area contributed by atoms with Crippen LogP contribution in [0.15, 0.2) is 36.4 Å². The molecule has 1 fully saturated rings. The summed E-state index contributed by atoms with van der Waals surface area (Å²) in [7, 11) is 0. The third-order valence-corrected chi connectivity index (χ3v) is 6.33. The Labute approximate surface area is 187 Å². The minimum atomic E-state index is -3.80. The van der Waals surface area contributed by atoms with E-state index in [0.29, 0.717) is 5.92 Å². The number of benzene rings is 2. The molecule has 0 heterocycles. The fourth-order valence-corrected chi connectivity index (χ4v) is 4.47.